The fraction of sp³-hybridized carbons (Fsp3) is 0.300. The highest BCUT2D eigenvalue weighted by Gasteiger charge is 2.14. The molecule has 25 heavy (non-hydrogen) atoms. The van der Waals surface area contributed by atoms with Crippen molar-refractivity contribution in [2.75, 3.05) is 19.7 Å². The van der Waals surface area contributed by atoms with E-state index in [2.05, 4.69) is 0 Å². The third-order valence-electron chi connectivity index (χ3n) is 3.96. The van der Waals surface area contributed by atoms with Gasteiger partial charge >= 0.3 is 0 Å². The second-order valence-corrected chi connectivity index (χ2v) is 5.57. The van der Waals surface area contributed by atoms with Crippen LogP contribution in [0, 0.1) is 11.3 Å². The number of hydrogen-bond donors (Lipinski definition) is 1. The van der Waals surface area contributed by atoms with Gasteiger partial charge in [-0.25, -0.2) is 0 Å². The topological polar surface area (TPSA) is 73.6 Å². The lowest BCUT2D eigenvalue weighted by Crippen LogP contribution is -2.30. The average molecular weight is 338 g/mol. The number of carbonyl (C=O) groups is 1. The van der Waals surface area contributed by atoms with Crippen LogP contribution in [0.1, 0.15) is 41.4 Å². The van der Waals surface area contributed by atoms with Crippen molar-refractivity contribution in [1.82, 2.24) is 4.90 Å². The third kappa shape index (κ3) is 4.82. The van der Waals surface area contributed by atoms with Crippen molar-refractivity contribution < 1.29 is 14.6 Å². The van der Waals surface area contributed by atoms with Crippen LogP contribution < -0.4 is 4.74 Å². The minimum atomic E-state index is -0.810. The molecule has 5 nitrogen and oxygen atoms in total. The lowest BCUT2D eigenvalue weighted by molar-refractivity contribution is 0.0772. The third-order valence-corrected chi connectivity index (χ3v) is 3.96. The van der Waals surface area contributed by atoms with Crippen LogP contribution in [0.3, 0.4) is 0 Å². The number of amides is 1. The highest BCUT2D eigenvalue weighted by molar-refractivity contribution is 5.94. The molecule has 5 heteroatoms. The lowest BCUT2D eigenvalue weighted by atomic mass is 10.1. The van der Waals surface area contributed by atoms with Gasteiger partial charge in [0.1, 0.15) is 18.5 Å². The summed E-state index contributed by atoms with van der Waals surface area (Å²) in [6.45, 7) is 5.25. The second-order valence-electron chi connectivity index (χ2n) is 5.57. The SMILES string of the molecule is CCN(CC)C(=O)c1cccc(OCC(O)c2ccc(C#N)cc2)c1. The molecule has 1 atom stereocenters. The molecular weight excluding hydrogens is 316 g/mol. The van der Waals surface area contributed by atoms with E-state index in [9.17, 15) is 9.90 Å². The molecule has 0 aliphatic rings. The van der Waals surface area contributed by atoms with Crippen LogP contribution in [0.4, 0.5) is 0 Å². The van der Waals surface area contributed by atoms with Crippen LogP contribution in [0.25, 0.3) is 0 Å². The van der Waals surface area contributed by atoms with Crippen molar-refractivity contribution in [2.45, 2.75) is 20.0 Å². The van der Waals surface area contributed by atoms with Crippen molar-refractivity contribution >= 4 is 5.91 Å². The summed E-state index contributed by atoms with van der Waals surface area (Å²) in [5, 5.41) is 19.0. The Morgan fingerprint density at radius 1 is 1.20 bits per heavy atom. The summed E-state index contributed by atoms with van der Waals surface area (Å²) in [5.74, 6) is 0.494. The lowest BCUT2D eigenvalue weighted by Gasteiger charge is -2.19. The van der Waals surface area contributed by atoms with Crippen LogP contribution in [0.2, 0.25) is 0 Å². The van der Waals surface area contributed by atoms with Gasteiger partial charge in [0.2, 0.25) is 0 Å². The molecule has 2 aromatic rings. The molecule has 0 aromatic heterocycles. The number of aliphatic hydroxyl groups excluding tert-OH is 1. The maximum absolute atomic E-state index is 12.4. The summed E-state index contributed by atoms with van der Waals surface area (Å²) in [6.07, 6.45) is -0.810. The van der Waals surface area contributed by atoms with Crippen LogP contribution in [-0.2, 0) is 0 Å². The normalized spacial score (nSPS) is 11.4. The molecule has 2 rings (SSSR count). The largest absolute Gasteiger partial charge is 0.491 e. The van der Waals surface area contributed by atoms with E-state index in [0.29, 0.717) is 35.5 Å². The molecule has 1 amide bonds. The van der Waals surface area contributed by atoms with Crippen LogP contribution in [0.15, 0.2) is 48.5 Å². The molecule has 0 saturated carbocycles. The minimum Gasteiger partial charge on any atom is -0.491 e. The summed E-state index contributed by atoms with van der Waals surface area (Å²) >= 11 is 0. The molecule has 1 unspecified atom stereocenters. The fourth-order valence-electron chi connectivity index (χ4n) is 2.46. The first kappa shape index (κ1) is 18.5. The number of rotatable bonds is 7. The Kier molecular flexibility index (Phi) is 6.55. The molecule has 0 radical (unpaired) electrons. The predicted octanol–water partition coefficient (Wildman–Crippen LogP) is 3.15. The Labute approximate surface area is 148 Å². The zero-order valence-corrected chi connectivity index (χ0v) is 14.5. The Morgan fingerprint density at radius 3 is 2.48 bits per heavy atom. The van der Waals surface area contributed by atoms with Gasteiger partial charge < -0.3 is 14.7 Å². The second kappa shape index (κ2) is 8.86. The number of hydrogen-bond acceptors (Lipinski definition) is 4. The first-order valence-corrected chi connectivity index (χ1v) is 8.29. The summed E-state index contributed by atoms with van der Waals surface area (Å²) in [6, 6.07) is 15.7. The first-order valence-electron chi connectivity index (χ1n) is 8.29. The summed E-state index contributed by atoms with van der Waals surface area (Å²) in [7, 11) is 0. The number of aliphatic hydroxyl groups is 1. The Bertz CT molecular complexity index is 746. The molecule has 0 bridgehead atoms. The quantitative estimate of drug-likeness (QED) is 0.841. The van der Waals surface area contributed by atoms with Crippen LogP contribution >= 0.6 is 0 Å². The maximum atomic E-state index is 12.4. The number of carbonyl (C=O) groups excluding carboxylic acids is 1. The average Bonchev–Trinajstić information content (AvgIpc) is 2.67. The summed E-state index contributed by atoms with van der Waals surface area (Å²) < 4.78 is 5.63. The first-order chi connectivity index (χ1) is 12.1. The molecule has 2 aromatic carbocycles. The van der Waals surface area contributed by atoms with E-state index in [1.807, 2.05) is 19.9 Å². The molecule has 130 valence electrons. The van der Waals surface area contributed by atoms with Crippen LogP contribution in [0.5, 0.6) is 5.75 Å². The van der Waals surface area contributed by atoms with E-state index in [1.54, 1.807) is 53.4 Å². The minimum absolute atomic E-state index is 0.0388. The van der Waals surface area contributed by atoms with Gasteiger partial charge in [0.15, 0.2) is 0 Å². The van der Waals surface area contributed by atoms with E-state index < -0.39 is 6.10 Å². The fourth-order valence-corrected chi connectivity index (χ4v) is 2.46. The number of nitrogens with zero attached hydrogens (tertiary/aromatic N) is 2. The van der Waals surface area contributed by atoms with Crippen molar-refractivity contribution in [3.63, 3.8) is 0 Å². The molecular formula is C20H22N2O3. The molecule has 0 spiro atoms. The Hall–Kier alpha value is -2.84. The maximum Gasteiger partial charge on any atom is 0.253 e. The smallest absolute Gasteiger partial charge is 0.253 e. The van der Waals surface area contributed by atoms with Gasteiger partial charge in [0, 0.05) is 18.7 Å². The zero-order valence-electron chi connectivity index (χ0n) is 14.5. The zero-order chi connectivity index (χ0) is 18.2. The van der Waals surface area contributed by atoms with Gasteiger partial charge in [-0.2, -0.15) is 5.26 Å². The standard InChI is InChI=1S/C20H22N2O3/c1-3-22(4-2)20(24)17-6-5-7-18(12-17)25-14-19(23)16-10-8-15(13-21)9-11-16/h5-12,19,23H,3-4,14H2,1-2H3. The van der Waals surface area contributed by atoms with Gasteiger partial charge in [0.25, 0.3) is 5.91 Å². The van der Waals surface area contributed by atoms with E-state index in [0.717, 1.165) is 0 Å². The number of benzene rings is 2. The highest BCUT2D eigenvalue weighted by atomic mass is 16.5. The summed E-state index contributed by atoms with van der Waals surface area (Å²) in [5.41, 5.74) is 1.78. The van der Waals surface area contributed by atoms with Gasteiger partial charge in [0.05, 0.1) is 11.6 Å². The van der Waals surface area contributed by atoms with E-state index in [-0.39, 0.29) is 12.5 Å². The molecule has 1 N–H and O–H groups in total. The van der Waals surface area contributed by atoms with E-state index >= 15 is 0 Å². The van der Waals surface area contributed by atoms with Crippen molar-refractivity contribution in [3.05, 3.63) is 65.2 Å². The monoisotopic (exact) mass is 338 g/mol. The van der Waals surface area contributed by atoms with E-state index in [1.165, 1.54) is 0 Å². The Morgan fingerprint density at radius 2 is 1.88 bits per heavy atom. The van der Waals surface area contributed by atoms with Crippen molar-refractivity contribution in [1.29, 1.82) is 5.26 Å². The van der Waals surface area contributed by atoms with Crippen molar-refractivity contribution in [2.24, 2.45) is 0 Å². The molecule has 0 fully saturated rings. The molecule has 0 saturated heterocycles. The Balaban J connectivity index is 2.02. The number of ether oxygens (including phenoxy) is 1. The highest BCUT2D eigenvalue weighted by Crippen LogP contribution is 2.19. The van der Waals surface area contributed by atoms with E-state index in [4.69, 9.17) is 10.00 Å². The molecule has 0 aliphatic carbocycles. The van der Waals surface area contributed by atoms with Gasteiger partial charge in [-0.1, -0.05) is 18.2 Å². The van der Waals surface area contributed by atoms with Gasteiger partial charge in [-0.3, -0.25) is 4.79 Å². The van der Waals surface area contributed by atoms with Crippen LogP contribution in [-0.4, -0.2) is 35.6 Å². The molecule has 0 heterocycles. The van der Waals surface area contributed by atoms with Crippen molar-refractivity contribution in [3.8, 4) is 11.8 Å². The summed E-state index contributed by atoms with van der Waals surface area (Å²) in [4.78, 5) is 14.1. The van der Waals surface area contributed by atoms with Gasteiger partial charge in [-0.05, 0) is 49.7 Å². The number of nitriles is 1. The molecule has 0 aliphatic heterocycles. The van der Waals surface area contributed by atoms with Gasteiger partial charge in [-0.15, -0.1) is 0 Å². The predicted molar refractivity (Wildman–Crippen MR) is 95.3 cm³/mol.